The van der Waals surface area contributed by atoms with Crippen molar-refractivity contribution in [3.63, 3.8) is 0 Å². The Labute approximate surface area is 160 Å². The van der Waals surface area contributed by atoms with E-state index in [0.717, 1.165) is 31.7 Å². The van der Waals surface area contributed by atoms with Gasteiger partial charge in [-0.15, -0.1) is 0 Å². The molecular weight excluding hydrogens is 377 g/mol. The third kappa shape index (κ3) is 6.10. The van der Waals surface area contributed by atoms with Gasteiger partial charge in [-0.25, -0.2) is 13.1 Å². The Hall–Kier alpha value is -1.28. The number of hydrogen-bond acceptors (Lipinski definition) is 3. The maximum atomic E-state index is 13.0. The highest BCUT2D eigenvalue weighted by Gasteiger charge is 2.33. The number of alkyl halides is 3. The number of aryl methyl sites for hydroxylation is 1. The van der Waals surface area contributed by atoms with Crippen LogP contribution in [0.1, 0.15) is 57.6 Å². The van der Waals surface area contributed by atoms with Crippen molar-refractivity contribution in [2.45, 2.75) is 70.3 Å². The molecule has 1 aromatic rings. The number of anilines is 1. The zero-order chi connectivity index (χ0) is 20.2. The number of rotatable bonds is 7. The fourth-order valence-electron chi connectivity index (χ4n) is 3.39. The molecule has 0 amide bonds. The highest BCUT2D eigenvalue weighted by atomic mass is 32.2. The molecule has 8 heteroatoms. The van der Waals surface area contributed by atoms with Crippen LogP contribution in [0.25, 0.3) is 0 Å². The largest absolute Gasteiger partial charge is 0.416 e. The fraction of sp³-hybridized carbons (Fsp3) is 0.684. The average molecular weight is 407 g/mol. The molecule has 0 radical (unpaired) electrons. The van der Waals surface area contributed by atoms with Crippen LogP contribution in [0.2, 0.25) is 0 Å². The summed E-state index contributed by atoms with van der Waals surface area (Å²) in [6, 6.07) is 4.17. The minimum atomic E-state index is -4.33. The van der Waals surface area contributed by atoms with Gasteiger partial charge < -0.3 is 5.32 Å². The van der Waals surface area contributed by atoms with Gasteiger partial charge in [-0.1, -0.05) is 6.92 Å². The van der Waals surface area contributed by atoms with Crippen molar-refractivity contribution in [1.82, 2.24) is 4.72 Å². The van der Waals surface area contributed by atoms with Crippen molar-refractivity contribution in [3.8, 4) is 0 Å². The van der Waals surface area contributed by atoms with Gasteiger partial charge in [-0.05, 0) is 75.6 Å². The molecule has 4 nitrogen and oxygen atoms in total. The molecule has 0 aliphatic heterocycles. The normalized spacial score (nSPS) is 21.4. The first-order chi connectivity index (χ1) is 12.5. The summed E-state index contributed by atoms with van der Waals surface area (Å²) in [5, 5.41) is 2.80. The van der Waals surface area contributed by atoms with Crippen LogP contribution in [-0.4, -0.2) is 26.3 Å². The maximum absolute atomic E-state index is 13.0. The summed E-state index contributed by atoms with van der Waals surface area (Å²) in [6.07, 6.45) is -0.660. The Bertz CT molecular complexity index is 725. The first-order valence-electron chi connectivity index (χ1n) is 9.48. The molecule has 27 heavy (non-hydrogen) atoms. The zero-order valence-corrected chi connectivity index (χ0v) is 16.9. The van der Waals surface area contributed by atoms with Crippen LogP contribution >= 0.6 is 0 Å². The van der Waals surface area contributed by atoms with Gasteiger partial charge in [-0.2, -0.15) is 13.2 Å². The number of hydrogen-bond donors (Lipinski definition) is 2. The van der Waals surface area contributed by atoms with Gasteiger partial charge in [0, 0.05) is 18.3 Å². The third-order valence-corrected chi connectivity index (χ3v) is 7.09. The lowest BCUT2D eigenvalue weighted by Crippen LogP contribution is -2.41. The molecule has 2 N–H and O–H groups in total. The topological polar surface area (TPSA) is 58.2 Å². The second kappa shape index (κ2) is 8.82. The quantitative estimate of drug-likeness (QED) is 0.698. The molecule has 1 aliphatic rings. The lowest BCUT2D eigenvalue weighted by molar-refractivity contribution is -0.138. The Morgan fingerprint density at radius 2 is 1.78 bits per heavy atom. The van der Waals surface area contributed by atoms with Crippen LogP contribution < -0.4 is 10.0 Å². The van der Waals surface area contributed by atoms with E-state index in [1.54, 1.807) is 26.8 Å². The molecular formula is C19H29F3N2O2S. The third-order valence-electron chi connectivity index (χ3n) is 5.18. The standard InChI is InChI=1S/C19H29F3N2O2S/c1-4-15-11-17(9-10-18(15)19(20,21)22)23-12-14-5-7-16(8-6-14)24-27(25,26)13(2)3/h9-11,13-14,16,23-24H,4-8,12H2,1-3H3/t14-,16-. The van der Waals surface area contributed by atoms with Gasteiger partial charge in [0.2, 0.25) is 10.0 Å². The van der Waals surface area contributed by atoms with Crippen molar-refractivity contribution in [2.24, 2.45) is 5.92 Å². The molecule has 0 unspecified atom stereocenters. The Morgan fingerprint density at radius 1 is 1.15 bits per heavy atom. The van der Waals surface area contributed by atoms with Crippen molar-refractivity contribution >= 4 is 15.7 Å². The molecule has 0 spiro atoms. The molecule has 1 aliphatic carbocycles. The lowest BCUT2D eigenvalue weighted by Gasteiger charge is -2.30. The Balaban J connectivity index is 1.87. The van der Waals surface area contributed by atoms with E-state index in [2.05, 4.69) is 10.0 Å². The number of nitrogens with one attached hydrogen (secondary N) is 2. The molecule has 1 fully saturated rings. The minimum absolute atomic E-state index is 0.0218. The molecule has 0 heterocycles. The first-order valence-corrected chi connectivity index (χ1v) is 11.0. The summed E-state index contributed by atoms with van der Waals surface area (Å²) in [5.41, 5.74) is 0.412. The first kappa shape index (κ1) is 22.0. The van der Waals surface area contributed by atoms with Gasteiger partial charge in [-0.3, -0.25) is 0 Å². The van der Waals surface area contributed by atoms with Gasteiger partial charge >= 0.3 is 6.18 Å². The van der Waals surface area contributed by atoms with E-state index in [1.807, 2.05) is 0 Å². The van der Waals surface area contributed by atoms with Gasteiger partial charge in [0.15, 0.2) is 0 Å². The summed E-state index contributed by atoms with van der Waals surface area (Å²) in [6.45, 7) is 5.71. The highest BCUT2D eigenvalue weighted by molar-refractivity contribution is 7.90. The van der Waals surface area contributed by atoms with E-state index in [4.69, 9.17) is 0 Å². The van der Waals surface area contributed by atoms with Crippen LogP contribution in [0.5, 0.6) is 0 Å². The van der Waals surface area contributed by atoms with Crippen LogP contribution in [0.15, 0.2) is 18.2 Å². The highest BCUT2D eigenvalue weighted by Crippen LogP contribution is 2.34. The summed E-state index contributed by atoms with van der Waals surface area (Å²) >= 11 is 0. The van der Waals surface area contributed by atoms with E-state index in [-0.39, 0.29) is 6.04 Å². The molecule has 2 rings (SSSR count). The maximum Gasteiger partial charge on any atom is 0.416 e. The van der Waals surface area contributed by atoms with Gasteiger partial charge in [0.05, 0.1) is 10.8 Å². The SMILES string of the molecule is CCc1cc(NC[C@H]2CC[C@H](NS(=O)(=O)C(C)C)CC2)ccc1C(F)(F)F. The number of benzene rings is 1. The smallest absolute Gasteiger partial charge is 0.385 e. The van der Waals surface area contributed by atoms with E-state index in [9.17, 15) is 21.6 Å². The van der Waals surface area contributed by atoms with Crippen molar-refractivity contribution in [3.05, 3.63) is 29.3 Å². The van der Waals surface area contributed by atoms with Crippen molar-refractivity contribution in [2.75, 3.05) is 11.9 Å². The number of halogens is 3. The van der Waals surface area contributed by atoms with E-state index < -0.39 is 27.0 Å². The molecule has 1 saturated carbocycles. The average Bonchev–Trinajstić information content (AvgIpc) is 2.59. The molecule has 0 bridgehead atoms. The summed E-state index contributed by atoms with van der Waals surface area (Å²) < 4.78 is 65.6. The zero-order valence-electron chi connectivity index (χ0n) is 16.1. The van der Waals surface area contributed by atoms with E-state index in [0.29, 0.717) is 30.1 Å². The summed E-state index contributed by atoms with van der Waals surface area (Å²) in [4.78, 5) is 0. The monoisotopic (exact) mass is 406 g/mol. The molecule has 0 saturated heterocycles. The van der Waals surface area contributed by atoms with Gasteiger partial charge in [0.25, 0.3) is 0 Å². The summed E-state index contributed by atoms with van der Waals surface area (Å²) in [5.74, 6) is 0.386. The molecule has 1 aromatic carbocycles. The predicted molar refractivity (Wildman–Crippen MR) is 102 cm³/mol. The summed E-state index contributed by atoms with van der Waals surface area (Å²) in [7, 11) is -3.25. The van der Waals surface area contributed by atoms with E-state index in [1.165, 1.54) is 6.07 Å². The van der Waals surface area contributed by atoms with E-state index >= 15 is 0 Å². The fourth-order valence-corrected chi connectivity index (χ4v) is 4.36. The molecule has 0 atom stereocenters. The molecule has 154 valence electrons. The van der Waals surface area contributed by atoms with Crippen LogP contribution in [0.4, 0.5) is 18.9 Å². The number of sulfonamides is 1. The van der Waals surface area contributed by atoms with Crippen molar-refractivity contribution in [1.29, 1.82) is 0 Å². The molecule has 0 aromatic heterocycles. The lowest BCUT2D eigenvalue weighted by atomic mass is 9.86. The van der Waals surface area contributed by atoms with Crippen LogP contribution in [-0.2, 0) is 22.6 Å². The second-order valence-corrected chi connectivity index (χ2v) is 9.80. The predicted octanol–water partition coefficient (Wildman–Crippen LogP) is 4.57. The Kier molecular flexibility index (Phi) is 7.19. The second-order valence-electron chi connectivity index (χ2n) is 7.53. The van der Waals surface area contributed by atoms with Crippen LogP contribution in [0, 0.1) is 5.92 Å². The van der Waals surface area contributed by atoms with Crippen LogP contribution in [0.3, 0.4) is 0 Å². The minimum Gasteiger partial charge on any atom is -0.385 e. The van der Waals surface area contributed by atoms with Crippen molar-refractivity contribution < 1.29 is 21.6 Å². The Morgan fingerprint density at radius 3 is 2.30 bits per heavy atom. The van der Waals surface area contributed by atoms with Gasteiger partial charge in [0.1, 0.15) is 0 Å².